The standard InChI is InChI=1S/C13H25N3O2S/c1-13(2,3)10-6-9(16-11(14)19)5-4-8(10)7-15-12(17)18/h8-10,15H,4-7H2,1-3H3,(H,17,18)(H3,14,16,19)/t8-,9?,10+/m0/s1. The summed E-state index contributed by atoms with van der Waals surface area (Å²) in [5.41, 5.74) is 5.68. The zero-order chi connectivity index (χ0) is 14.6. The Labute approximate surface area is 120 Å². The Kier molecular flexibility index (Phi) is 5.40. The van der Waals surface area contributed by atoms with Crippen molar-refractivity contribution < 1.29 is 9.90 Å². The number of amides is 1. The van der Waals surface area contributed by atoms with Crippen molar-refractivity contribution in [2.75, 3.05) is 6.54 Å². The van der Waals surface area contributed by atoms with Gasteiger partial charge in [-0.2, -0.15) is 0 Å². The van der Waals surface area contributed by atoms with E-state index in [1.807, 2.05) is 0 Å². The Morgan fingerprint density at radius 1 is 1.42 bits per heavy atom. The second-order valence-electron chi connectivity index (χ2n) is 6.44. The molecule has 0 bridgehead atoms. The average molecular weight is 287 g/mol. The van der Waals surface area contributed by atoms with E-state index < -0.39 is 6.09 Å². The highest BCUT2D eigenvalue weighted by molar-refractivity contribution is 7.80. The van der Waals surface area contributed by atoms with Crippen LogP contribution in [0.25, 0.3) is 0 Å². The predicted molar refractivity (Wildman–Crippen MR) is 80.0 cm³/mol. The van der Waals surface area contributed by atoms with Gasteiger partial charge in [-0.1, -0.05) is 20.8 Å². The van der Waals surface area contributed by atoms with E-state index in [-0.39, 0.29) is 5.41 Å². The van der Waals surface area contributed by atoms with Gasteiger partial charge in [0, 0.05) is 12.6 Å². The highest BCUT2D eigenvalue weighted by Gasteiger charge is 2.37. The highest BCUT2D eigenvalue weighted by Crippen LogP contribution is 2.41. The maximum Gasteiger partial charge on any atom is 0.404 e. The maximum absolute atomic E-state index is 10.7. The van der Waals surface area contributed by atoms with Gasteiger partial charge in [0.2, 0.25) is 0 Å². The summed E-state index contributed by atoms with van der Waals surface area (Å²) in [4.78, 5) is 10.7. The van der Waals surface area contributed by atoms with Crippen LogP contribution >= 0.6 is 12.2 Å². The number of thiocarbonyl (C=S) groups is 1. The molecule has 1 aliphatic carbocycles. The monoisotopic (exact) mass is 287 g/mol. The number of hydrogen-bond donors (Lipinski definition) is 4. The second-order valence-corrected chi connectivity index (χ2v) is 6.88. The van der Waals surface area contributed by atoms with Crippen molar-refractivity contribution in [2.24, 2.45) is 23.0 Å². The predicted octanol–water partition coefficient (Wildman–Crippen LogP) is 1.92. The normalized spacial score (nSPS) is 27.6. The summed E-state index contributed by atoms with van der Waals surface area (Å²) in [6.07, 6.45) is 2.00. The van der Waals surface area contributed by atoms with E-state index in [0.717, 1.165) is 19.3 Å². The SMILES string of the molecule is CC(C)(C)[C@@H]1CC(NC(N)=S)CC[C@H]1CNC(=O)O. The molecule has 6 heteroatoms. The van der Waals surface area contributed by atoms with Gasteiger partial charge < -0.3 is 21.5 Å². The summed E-state index contributed by atoms with van der Waals surface area (Å²) >= 11 is 4.90. The molecule has 1 unspecified atom stereocenters. The first kappa shape index (κ1) is 16.0. The maximum atomic E-state index is 10.7. The molecular formula is C13H25N3O2S. The van der Waals surface area contributed by atoms with Crippen molar-refractivity contribution in [1.82, 2.24) is 10.6 Å². The summed E-state index contributed by atoms with van der Waals surface area (Å²) in [6, 6.07) is 0.308. The van der Waals surface area contributed by atoms with Crippen LogP contribution in [0.4, 0.5) is 4.79 Å². The van der Waals surface area contributed by atoms with Crippen molar-refractivity contribution >= 4 is 23.4 Å². The third-order valence-corrected chi connectivity index (χ3v) is 4.09. The third-order valence-electron chi connectivity index (χ3n) is 3.97. The fraction of sp³-hybridized carbons (Fsp3) is 0.846. The summed E-state index contributed by atoms with van der Waals surface area (Å²) in [7, 11) is 0. The van der Waals surface area contributed by atoms with E-state index in [1.54, 1.807) is 0 Å². The van der Waals surface area contributed by atoms with Gasteiger partial charge in [0.15, 0.2) is 5.11 Å². The van der Waals surface area contributed by atoms with Crippen LogP contribution in [0.15, 0.2) is 0 Å². The molecule has 1 saturated carbocycles. The minimum atomic E-state index is -0.948. The van der Waals surface area contributed by atoms with Gasteiger partial charge in [-0.3, -0.25) is 0 Å². The van der Waals surface area contributed by atoms with Gasteiger partial charge in [0.1, 0.15) is 0 Å². The van der Waals surface area contributed by atoms with E-state index >= 15 is 0 Å². The Balaban J connectivity index is 2.67. The van der Waals surface area contributed by atoms with Crippen LogP contribution in [0.2, 0.25) is 0 Å². The van der Waals surface area contributed by atoms with Gasteiger partial charge in [-0.05, 0) is 48.7 Å². The fourth-order valence-electron chi connectivity index (χ4n) is 3.09. The Hall–Kier alpha value is -1.04. The largest absolute Gasteiger partial charge is 0.465 e. The van der Waals surface area contributed by atoms with Gasteiger partial charge in [0.25, 0.3) is 0 Å². The molecule has 5 nitrogen and oxygen atoms in total. The van der Waals surface area contributed by atoms with E-state index in [4.69, 9.17) is 23.1 Å². The zero-order valence-corrected chi connectivity index (χ0v) is 12.7. The molecule has 1 fully saturated rings. The number of carboxylic acid groups (broad SMARTS) is 1. The molecule has 1 aliphatic rings. The molecule has 0 radical (unpaired) electrons. The first-order chi connectivity index (χ1) is 8.70. The average Bonchev–Trinajstić information content (AvgIpc) is 2.25. The number of carbonyl (C=O) groups is 1. The van der Waals surface area contributed by atoms with Gasteiger partial charge >= 0.3 is 6.09 Å². The third kappa shape index (κ3) is 5.22. The zero-order valence-electron chi connectivity index (χ0n) is 11.9. The molecule has 5 N–H and O–H groups in total. The van der Waals surface area contributed by atoms with Crippen molar-refractivity contribution in [1.29, 1.82) is 0 Å². The second kappa shape index (κ2) is 6.41. The van der Waals surface area contributed by atoms with Crippen molar-refractivity contribution in [3.8, 4) is 0 Å². The topological polar surface area (TPSA) is 87.4 Å². The van der Waals surface area contributed by atoms with Crippen molar-refractivity contribution in [2.45, 2.75) is 46.1 Å². The number of nitrogens with two attached hydrogens (primary N) is 1. The van der Waals surface area contributed by atoms with E-state index in [2.05, 4.69) is 31.4 Å². The Bertz CT molecular complexity index is 341. The molecular weight excluding hydrogens is 262 g/mol. The first-order valence-corrected chi connectivity index (χ1v) is 7.13. The van der Waals surface area contributed by atoms with Crippen molar-refractivity contribution in [3.63, 3.8) is 0 Å². The molecule has 0 heterocycles. The van der Waals surface area contributed by atoms with E-state index in [9.17, 15) is 4.79 Å². The smallest absolute Gasteiger partial charge is 0.404 e. The highest BCUT2D eigenvalue weighted by atomic mass is 32.1. The molecule has 0 aromatic heterocycles. The molecule has 0 aromatic rings. The lowest BCUT2D eigenvalue weighted by atomic mass is 9.65. The number of nitrogens with one attached hydrogen (secondary N) is 2. The van der Waals surface area contributed by atoms with Crippen molar-refractivity contribution in [3.05, 3.63) is 0 Å². The number of rotatable bonds is 3. The van der Waals surface area contributed by atoms with Gasteiger partial charge in [-0.15, -0.1) is 0 Å². The number of hydrogen-bond acceptors (Lipinski definition) is 2. The quantitative estimate of drug-likeness (QED) is 0.596. The summed E-state index contributed by atoms with van der Waals surface area (Å²) in [6.45, 7) is 7.13. The van der Waals surface area contributed by atoms with Crippen LogP contribution in [0.3, 0.4) is 0 Å². The minimum absolute atomic E-state index is 0.140. The van der Waals surface area contributed by atoms with Crippen LogP contribution in [0, 0.1) is 17.3 Å². The van der Waals surface area contributed by atoms with Gasteiger partial charge in [0.05, 0.1) is 0 Å². The lowest BCUT2D eigenvalue weighted by Crippen LogP contribution is -2.48. The molecule has 1 rings (SSSR count). The molecule has 19 heavy (non-hydrogen) atoms. The molecule has 0 aliphatic heterocycles. The van der Waals surface area contributed by atoms with Gasteiger partial charge in [-0.25, -0.2) is 4.79 Å². The summed E-state index contributed by atoms with van der Waals surface area (Å²) in [5.74, 6) is 0.820. The molecule has 0 saturated heterocycles. The van der Waals surface area contributed by atoms with E-state index in [0.29, 0.717) is 29.5 Å². The van der Waals surface area contributed by atoms with Crippen LogP contribution in [0.5, 0.6) is 0 Å². The van der Waals surface area contributed by atoms with Crippen LogP contribution in [-0.2, 0) is 0 Å². The lowest BCUT2D eigenvalue weighted by Gasteiger charge is -2.43. The lowest BCUT2D eigenvalue weighted by molar-refractivity contribution is 0.0908. The molecule has 110 valence electrons. The van der Waals surface area contributed by atoms with Crippen LogP contribution in [-0.4, -0.2) is 28.9 Å². The minimum Gasteiger partial charge on any atom is -0.465 e. The molecule has 1 amide bonds. The summed E-state index contributed by atoms with van der Waals surface area (Å²) in [5, 5.41) is 14.8. The first-order valence-electron chi connectivity index (χ1n) is 6.73. The van der Waals surface area contributed by atoms with E-state index in [1.165, 1.54) is 0 Å². The summed E-state index contributed by atoms with van der Waals surface area (Å²) < 4.78 is 0. The Morgan fingerprint density at radius 3 is 2.53 bits per heavy atom. The van der Waals surface area contributed by atoms with Crippen LogP contribution < -0.4 is 16.4 Å². The molecule has 0 aromatic carbocycles. The molecule has 3 atom stereocenters. The Morgan fingerprint density at radius 2 is 2.05 bits per heavy atom. The van der Waals surface area contributed by atoms with Crippen LogP contribution in [0.1, 0.15) is 40.0 Å². The molecule has 0 spiro atoms. The fourth-order valence-corrected chi connectivity index (χ4v) is 3.26.